The van der Waals surface area contributed by atoms with Gasteiger partial charge in [0.1, 0.15) is 11.8 Å². The molecular formula is C19H26N2O5S2. The quantitative estimate of drug-likeness (QED) is 0.300. The number of carbonyl (C=O) groups is 3. The first kappa shape index (κ1) is 22.4. The summed E-state index contributed by atoms with van der Waals surface area (Å²) in [6, 6.07) is 4.99. The maximum Gasteiger partial charge on any atom is 0.330 e. The Morgan fingerprint density at radius 1 is 1.29 bits per heavy atom. The molecule has 0 saturated carbocycles. The van der Waals surface area contributed by atoms with Gasteiger partial charge < -0.3 is 20.5 Å². The van der Waals surface area contributed by atoms with Crippen molar-refractivity contribution in [1.82, 2.24) is 10.6 Å². The Kier molecular flexibility index (Phi) is 9.49. The van der Waals surface area contributed by atoms with E-state index in [0.29, 0.717) is 11.7 Å². The average molecular weight is 427 g/mol. The van der Waals surface area contributed by atoms with E-state index in [4.69, 9.17) is 4.74 Å². The normalized spacial score (nSPS) is 17.0. The molecule has 1 heterocycles. The Labute approximate surface area is 172 Å². The molecule has 0 aromatic heterocycles. The molecule has 0 radical (unpaired) electrons. The van der Waals surface area contributed by atoms with Gasteiger partial charge in [-0.1, -0.05) is 40.1 Å². The number of phenols is 1. The van der Waals surface area contributed by atoms with Gasteiger partial charge in [0.2, 0.25) is 5.91 Å². The van der Waals surface area contributed by atoms with E-state index in [9.17, 15) is 19.5 Å². The third-order valence-electron chi connectivity index (χ3n) is 4.35. The highest BCUT2D eigenvalue weighted by atomic mass is 33.1. The Morgan fingerprint density at radius 3 is 2.75 bits per heavy atom. The molecule has 1 aromatic rings. The molecule has 2 amide bonds. The molecular weight excluding hydrogens is 400 g/mol. The van der Waals surface area contributed by atoms with E-state index in [1.54, 1.807) is 12.1 Å². The van der Waals surface area contributed by atoms with Crippen LogP contribution in [-0.4, -0.2) is 53.6 Å². The smallest absolute Gasteiger partial charge is 0.330 e. The van der Waals surface area contributed by atoms with Crippen molar-refractivity contribution in [2.24, 2.45) is 0 Å². The minimum Gasteiger partial charge on any atom is -0.507 e. The fourth-order valence-corrected chi connectivity index (χ4v) is 5.79. The molecule has 2 atom stereocenters. The van der Waals surface area contributed by atoms with Crippen LogP contribution in [0.5, 0.6) is 5.75 Å². The van der Waals surface area contributed by atoms with Crippen molar-refractivity contribution in [2.75, 3.05) is 19.4 Å². The van der Waals surface area contributed by atoms with Crippen LogP contribution in [0.4, 0.5) is 0 Å². The summed E-state index contributed by atoms with van der Waals surface area (Å²) in [6.45, 7) is -0.0695. The molecule has 2 unspecified atom stereocenters. The molecule has 1 fully saturated rings. The van der Waals surface area contributed by atoms with Gasteiger partial charge in [-0.25, -0.2) is 4.79 Å². The summed E-state index contributed by atoms with van der Waals surface area (Å²) in [6.07, 6.45) is 4.52. The van der Waals surface area contributed by atoms with E-state index in [1.165, 1.54) is 31.4 Å². The Morgan fingerprint density at radius 2 is 2.07 bits per heavy atom. The number of nitrogens with one attached hydrogen (secondary N) is 2. The predicted molar refractivity (Wildman–Crippen MR) is 111 cm³/mol. The number of carbonyl (C=O) groups excluding carboxylic acids is 3. The maximum absolute atomic E-state index is 12.3. The summed E-state index contributed by atoms with van der Waals surface area (Å²) >= 11 is 0. The van der Waals surface area contributed by atoms with Gasteiger partial charge in [-0.2, -0.15) is 0 Å². The topological polar surface area (TPSA) is 105 Å². The number of ether oxygens (including phenoxy) is 1. The zero-order valence-electron chi connectivity index (χ0n) is 15.8. The number of para-hydroxylation sites is 1. The molecule has 154 valence electrons. The lowest BCUT2D eigenvalue weighted by molar-refractivity contribution is -0.142. The first-order valence-electron chi connectivity index (χ1n) is 9.23. The van der Waals surface area contributed by atoms with Gasteiger partial charge in [0.25, 0.3) is 5.91 Å². The summed E-state index contributed by atoms with van der Waals surface area (Å²) < 4.78 is 4.70. The number of methoxy groups -OCH3 is 1. The number of hydrogen-bond donors (Lipinski definition) is 3. The number of phenolic OH excluding ortho intramolecular Hbond substituents is 1. The number of amides is 2. The number of benzene rings is 1. The van der Waals surface area contributed by atoms with Crippen LogP contribution in [0.2, 0.25) is 0 Å². The average Bonchev–Trinajstić information content (AvgIpc) is 3.21. The van der Waals surface area contributed by atoms with Gasteiger partial charge >= 0.3 is 5.97 Å². The van der Waals surface area contributed by atoms with Crippen molar-refractivity contribution in [3.8, 4) is 5.75 Å². The lowest BCUT2D eigenvalue weighted by Gasteiger charge is -2.17. The van der Waals surface area contributed by atoms with Crippen molar-refractivity contribution in [3.05, 3.63) is 29.8 Å². The zero-order valence-corrected chi connectivity index (χ0v) is 17.4. The highest BCUT2D eigenvalue weighted by Crippen LogP contribution is 2.39. The standard InChI is InChI=1S/C19H26N2O5S2/c1-26-19(25)15(21-18(24)14-7-3-4-8-16(14)22)12-20-17(23)9-5-2-6-13-10-11-27-28-13/h3-4,7-8,13,15,22H,2,5-6,9-12H2,1H3,(H,20,23)(H,21,24). The lowest BCUT2D eigenvalue weighted by atomic mass is 10.1. The summed E-state index contributed by atoms with van der Waals surface area (Å²) in [5.74, 6) is -0.433. The molecule has 7 nitrogen and oxygen atoms in total. The van der Waals surface area contributed by atoms with Crippen molar-refractivity contribution in [2.45, 2.75) is 43.4 Å². The summed E-state index contributed by atoms with van der Waals surface area (Å²) in [7, 11) is 5.05. The molecule has 1 aromatic carbocycles. The van der Waals surface area contributed by atoms with Crippen LogP contribution in [0, 0.1) is 0 Å². The van der Waals surface area contributed by atoms with Crippen LogP contribution < -0.4 is 10.6 Å². The second kappa shape index (κ2) is 11.9. The minimum atomic E-state index is -1.03. The molecule has 3 N–H and O–H groups in total. The number of aromatic hydroxyl groups is 1. The van der Waals surface area contributed by atoms with Crippen molar-refractivity contribution < 1.29 is 24.2 Å². The SMILES string of the molecule is COC(=O)C(CNC(=O)CCCCC1CCSS1)NC(=O)c1ccccc1O. The van der Waals surface area contributed by atoms with E-state index in [0.717, 1.165) is 19.3 Å². The number of hydrogen-bond acceptors (Lipinski definition) is 7. The largest absolute Gasteiger partial charge is 0.507 e. The van der Waals surface area contributed by atoms with E-state index in [2.05, 4.69) is 10.6 Å². The fourth-order valence-electron chi connectivity index (χ4n) is 2.76. The van der Waals surface area contributed by atoms with Crippen molar-refractivity contribution >= 4 is 39.4 Å². The molecule has 1 aliphatic heterocycles. The van der Waals surface area contributed by atoms with Gasteiger partial charge in [0.05, 0.1) is 12.7 Å². The molecule has 1 aliphatic rings. The van der Waals surface area contributed by atoms with Gasteiger partial charge in [0, 0.05) is 24.0 Å². The summed E-state index contributed by atoms with van der Waals surface area (Å²) in [5.41, 5.74) is 0.0469. The first-order chi connectivity index (χ1) is 13.5. The highest BCUT2D eigenvalue weighted by molar-refractivity contribution is 8.77. The van der Waals surface area contributed by atoms with E-state index < -0.39 is 17.9 Å². The molecule has 1 saturated heterocycles. The maximum atomic E-state index is 12.3. The molecule has 9 heteroatoms. The van der Waals surface area contributed by atoms with Gasteiger partial charge in [-0.15, -0.1) is 0 Å². The molecule has 28 heavy (non-hydrogen) atoms. The number of esters is 1. The Balaban J connectivity index is 1.76. The van der Waals surface area contributed by atoms with Gasteiger partial charge in [-0.05, 0) is 31.4 Å². The van der Waals surface area contributed by atoms with Crippen LogP contribution in [0.3, 0.4) is 0 Å². The predicted octanol–water partition coefficient (Wildman–Crippen LogP) is 2.49. The molecule has 0 aliphatic carbocycles. The third kappa shape index (κ3) is 7.27. The molecule has 2 rings (SSSR count). The van der Waals surface area contributed by atoms with Crippen LogP contribution in [0.15, 0.2) is 24.3 Å². The monoisotopic (exact) mass is 426 g/mol. The lowest BCUT2D eigenvalue weighted by Crippen LogP contribution is -2.49. The van der Waals surface area contributed by atoms with Crippen LogP contribution in [0.25, 0.3) is 0 Å². The zero-order chi connectivity index (χ0) is 20.4. The van der Waals surface area contributed by atoms with E-state index >= 15 is 0 Å². The molecule has 0 spiro atoms. The van der Waals surface area contributed by atoms with Crippen LogP contribution >= 0.6 is 21.6 Å². The first-order valence-corrected chi connectivity index (χ1v) is 11.6. The number of rotatable bonds is 10. The van der Waals surface area contributed by atoms with Gasteiger partial charge in [0.15, 0.2) is 0 Å². The van der Waals surface area contributed by atoms with E-state index in [1.807, 2.05) is 21.6 Å². The Bertz CT molecular complexity index is 680. The minimum absolute atomic E-state index is 0.0469. The number of unbranched alkanes of at least 4 members (excludes halogenated alkanes) is 1. The second-order valence-corrected chi connectivity index (χ2v) is 9.23. The van der Waals surface area contributed by atoms with Crippen molar-refractivity contribution in [1.29, 1.82) is 0 Å². The highest BCUT2D eigenvalue weighted by Gasteiger charge is 2.24. The van der Waals surface area contributed by atoms with E-state index in [-0.39, 0.29) is 23.8 Å². The van der Waals surface area contributed by atoms with Crippen LogP contribution in [-0.2, 0) is 14.3 Å². The third-order valence-corrected chi connectivity index (χ3v) is 7.36. The van der Waals surface area contributed by atoms with Crippen molar-refractivity contribution in [3.63, 3.8) is 0 Å². The fraction of sp³-hybridized carbons (Fsp3) is 0.526. The second-order valence-electron chi connectivity index (χ2n) is 6.45. The van der Waals surface area contributed by atoms with Gasteiger partial charge in [-0.3, -0.25) is 9.59 Å². The molecule has 0 bridgehead atoms. The summed E-state index contributed by atoms with van der Waals surface area (Å²) in [4.78, 5) is 36.3. The Hall–Kier alpha value is -1.87. The van der Waals surface area contributed by atoms with Crippen LogP contribution in [0.1, 0.15) is 42.5 Å². The summed E-state index contributed by atoms with van der Waals surface area (Å²) in [5, 5.41) is 15.6.